The zero-order valence-corrected chi connectivity index (χ0v) is 13.0. The molecule has 118 valence electrons. The fourth-order valence-electron chi connectivity index (χ4n) is 2.06. The van der Waals surface area contributed by atoms with Gasteiger partial charge in [-0.2, -0.15) is 0 Å². The second-order valence-electron chi connectivity index (χ2n) is 4.74. The highest BCUT2D eigenvalue weighted by Gasteiger charge is 2.20. The number of amides is 2. The maximum Gasteiger partial charge on any atom is 0.262 e. The Balaban J connectivity index is 1.88. The van der Waals surface area contributed by atoms with Crippen LogP contribution in [0.4, 0.5) is 15.8 Å². The Kier molecular flexibility index (Phi) is 4.11. The van der Waals surface area contributed by atoms with Gasteiger partial charge in [0.05, 0.1) is 22.0 Å². The zero-order valence-electron chi connectivity index (χ0n) is 11.5. The summed E-state index contributed by atoms with van der Waals surface area (Å²) in [7, 11) is 0. The van der Waals surface area contributed by atoms with Gasteiger partial charge < -0.3 is 15.4 Å². The van der Waals surface area contributed by atoms with Crippen LogP contribution in [0.5, 0.6) is 5.75 Å². The Hall–Kier alpha value is -2.31. The van der Waals surface area contributed by atoms with Crippen molar-refractivity contribution in [2.75, 3.05) is 17.2 Å². The number of carbonyl (C=O) groups is 2. The first-order chi connectivity index (χ1) is 10.9. The maximum absolute atomic E-state index is 13.8. The largest absolute Gasteiger partial charge is 0.482 e. The van der Waals surface area contributed by atoms with Crippen LogP contribution < -0.4 is 15.4 Å². The number of anilines is 2. The van der Waals surface area contributed by atoms with Crippen LogP contribution in [-0.4, -0.2) is 18.4 Å². The maximum atomic E-state index is 13.8. The van der Waals surface area contributed by atoms with Gasteiger partial charge in [-0.15, -0.1) is 0 Å². The Morgan fingerprint density at radius 2 is 2.04 bits per heavy atom. The van der Waals surface area contributed by atoms with E-state index in [9.17, 15) is 14.0 Å². The second-order valence-corrected chi connectivity index (χ2v) is 5.59. The van der Waals surface area contributed by atoms with Gasteiger partial charge in [0.2, 0.25) is 0 Å². The molecule has 2 aromatic rings. The first-order valence-corrected chi connectivity index (χ1v) is 7.22. The number of halogens is 3. The van der Waals surface area contributed by atoms with Crippen LogP contribution in [0.1, 0.15) is 10.4 Å². The van der Waals surface area contributed by atoms with Crippen molar-refractivity contribution in [3.05, 3.63) is 51.8 Å². The predicted molar refractivity (Wildman–Crippen MR) is 84.9 cm³/mol. The van der Waals surface area contributed by atoms with Crippen LogP contribution in [0.3, 0.4) is 0 Å². The van der Waals surface area contributed by atoms with Gasteiger partial charge in [-0.1, -0.05) is 23.2 Å². The highest BCUT2D eigenvalue weighted by molar-refractivity contribution is 6.34. The fourth-order valence-corrected chi connectivity index (χ4v) is 2.43. The lowest BCUT2D eigenvalue weighted by molar-refractivity contribution is -0.118. The van der Waals surface area contributed by atoms with E-state index in [1.54, 1.807) is 0 Å². The number of hydrogen-bond acceptors (Lipinski definition) is 3. The Labute approximate surface area is 140 Å². The molecule has 8 heteroatoms. The van der Waals surface area contributed by atoms with Crippen LogP contribution in [0.25, 0.3) is 0 Å². The van der Waals surface area contributed by atoms with E-state index in [0.717, 1.165) is 6.07 Å². The molecule has 0 radical (unpaired) electrons. The van der Waals surface area contributed by atoms with Crippen molar-refractivity contribution in [1.82, 2.24) is 0 Å². The lowest BCUT2D eigenvalue weighted by Crippen LogP contribution is -2.25. The van der Waals surface area contributed by atoms with E-state index in [0.29, 0.717) is 11.4 Å². The van der Waals surface area contributed by atoms with E-state index in [1.807, 2.05) is 0 Å². The highest BCUT2D eigenvalue weighted by Crippen LogP contribution is 2.36. The molecule has 0 aliphatic carbocycles. The van der Waals surface area contributed by atoms with Crippen molar-refractivity contribution in [2.24, 2.45) is 0 Å². The third-order valence-electron chi connectivity index (χ3n) is 3.13. The van der Waals surface area contributed by atoms with Crippen molar-refractivity contribution in [3.8, 4) is 5.75 Å². The molecule has 2 aromatic carbocycles. The Bertz CT molecular complexity index is 827. The minimum absolute atomic E-state index is 0.131. The smallest absolute Gasteiger partial charge is 0.262 e. The van der Waals surface area contributed by atoms with Crippen molar-refractivity contribution >= 4 is 46.4 Å². The van der Waals surface area contributed by atoms with E-state index in [2.05, 4.69) is 10.6 Å². The molecule has 0 fully saturated rings. The predicted octanol–water partition coefficient (Wildman–Crippen LogP) is 3.72. The summed E-state index contributed by atoms with van der Waals surface area (Å²) in [4.78, 5) is 23.4. The molecule has 1 heterocycles. The lowest BCUT2D eigenvalue weighted by atomic mass is 10.2. The fraction of sp³-hybridized carbons (Fsp3) is 0.0667. The number of carbonyl (C=O) groups excluding carboxylic acids is 2. The molecule has 0 bridgehead atoms. The Morgan fingerprint density at radius 1 is 1.26 bits per heavy atom. The topological polar surface area (TPSA) is 67.4 Å². The third kappa shape index (κ3) is 3.23. The van der Waals surface area contributed by atoms with Gasteiger partial charge >= 0.3 is 0 Å². The van der Waals surface area contributed by atoms with E-state index >= 15 is 0 Å². The van der Waals surface area contributed by atoms with Crippen LogP contribution in [0.2, 0.25) is 10.0 Å². The van der Waals surface area contributed by atoms with Gasteiger partial charge in [0.15, 0.2) is 6.61 Å². The van der Waals surface area contributed by atoms with E-state index in [1.165, 1.54) is 24.3 Å². The molecule has 1 aliphatic rings. The van der Waals surface area contributed by atoms with Crippen LogP contribution >= 0.6 is 23.2 Å². The van der Waals surface area contributed by atoms with E-state index in [4.69, 9.17) is 27.9 Å². The van der Waals surface area contributed by atoms with Gasteiger partial charge in [0.1, 0.15) is 11.6 Å². The summed E-state index contributed by atoms with van der Waals surface area (Å²) < 4.78 is 19.0. The van der Waals surface area contributed by atoms with Crippen molar-refractivity contribution in [1.29, 1.82) is 0 Å². The average Bonchev–Trinajstić information content (AvgIpc) is 2.48. The van der Waals surface area contributed by atoms with Crippen molar-refractivity contribution in [2.45, 2.75) is 0 Å². The number of ether oxygens (including phenoxy) is 1. The molecule has 0 spiro atoms. The summed E-state index contributed by atoms with van der Waals surface area (Å²) in [5.74, 6) is -1.36. The molecule has 0 saturated heterocycles. The molecule has 3 rings (SSSR count). The zero-order chi connectivity index (χ0) is 16.6. The van der Waals surface area contributed by atoms with Crippen LogP contribution in [0, 0.1) is 5.82 Å². The van der Waals surface area contributed by atoms with Crippen molar-refractivity contribution < 1.29 is 18.7 Å². The standard InChI is InChI=1S/C15H9Cl2FN2O3/c16-7-1-2-8(10(18)3-7)15(22)20-11-5-13-12(4-9(11)17)19-14(21)6-23-13/h1-5H,6H2,(H,19,21)(H,20,22). The number of benzene rings is 2. The quantitative estimate of drug-likeness (QED) is 0.863. The lowest BCUT2D eigenvalue weighted by Gasteiger charge is -2.19. The molecule has 1 aliphatic heterocycles. The molecule has 2 amide bonds. The number of nitrogens with one attached hydrogen (secondary N) is 2. The van der Waals surface area contributed by atoms with Gasteiger partial charge in [-0.3, -0.25) is 9.59 Å². The summed E-state index contributed by atoms with van der Waals surface area (Å²) in [6.07, 6.45) is 0. The molecule has 0 atom stereocenters. The van der Waals surface area contributed by atoms with E-state index in [-0.39, 0.29) is 33.8 Å². The summed E-state index contributed by atoms with van der Waals surface area (Å²) in [5.41, 5.74) is 0.472. The molecule has 5 nitrogen and oxygen atoms in total. The summed E-state index contributed by atoms with van der Waals surface area (Å²) in [6.45, 7) is -0.131. The van der Waals surface area contributed by atoms with Gasteiger partial charge in [0, 0.05) is 11.1 Å². The second kappa shape index (κ2) is 6.06. The van der Waals surface area contributed by atoms with Crippen LogP contribution in [-0.2, 0) is 4.79 Å². The van der Waals surface area contributed by atoms with E-state index < -0.39 is 11.7 Å². The highest BCUT2D eigenvalue weighted by atomic mass is 35.5. The summed E-state index contributed by atoms with van der Waals surface area (Å²) >= 11 is 11.7. The molecular weight excluding hydrogens is 346 g/mol. The van der Waals surface area contributed by atoms with Crippen molar-refractivity contribution in [3.63, 3.8) is 0 Å². The van der Waals surface area contributed by atoms with Crippen LogP contribution in [0.15, 0.2) is 30.3 Å². The molecule has 23 heavy (non-hydrogen) atoms. The summed E-state index contributed by atoms with van der Waals surface area (Å²) in [5, 5.41) is 5.46. The minimum atomic E-state index is -0.743. The monoisotopic (exact) mass is 354 g/mol. The normalized spacial score (nSPS) is 12.9. The number of fused-ring (bicyclic) bond motifs is 1. The van der Waals surface area contributed by atoms with Gasteiger partial charge in [-0.25, -0.2) is 4.39 Å². The number of hydrogen-bond donors (Lipinski definition) is 2. The average molecular weight is 355 g/mol. The number of rotatable bonds is 2. The molecule has 0 saturated carbocycles. The SMILES string of the molecule is O=C1COc2cc(NC(=O)c3ccc(Cl)cc3F)c(Cl)cc2N1. The Morgan fingerprint density at radius 3 is 2.78 bits per heavy atom. The van der Waals surface area contributed by atoms with Gasteiger partial charge in [0.25, 0.3) is 11.8 Å². The van der Waals surface area contributed by atoms with Gasteiger partial charge in [-0.05, 0) is 24.3 Å². The first kappa shape index (κ1) is 15.6. The minimum Gasteiger partial charge on any atom is -0.482 e. The molecule has 0 unspecified atom stereocenters. The summed E-state index contributed by atoms with van der Waals surface area (Å²) in [6, 6.07) is 6.64. The molecular formula is C15H9Cl2FN2O3. The molecule has 2 N–H and O–H groups in total. The molecule has 0 aromatic heterocycles. The third-order valence-corrected chi connectivity index (χ3v) is 3.67. The first-order valence-electron chi connectivity index (χ1n) is 6.46.